The Balaban J connectivity index is 1.45. The first-order chi connectivity index (χ1) is 15.5. The molecule has 0 atom stereocenters. The molecular formula is C24H23ClN2O4S. The van der Waals surface area contributed by atoms with E-state index in [0.717, 1.165) is 41.5 Å². The Morgan fingerprint density at radius 3 is 2.50 bits per heavy atom. The molecule has 6 nitrogen and oxygen atoms in total. The highest BCUT2D eigenvalue weighted by molar-refractivity contribution is 8.18. The van der Waals surface area contributed by atoms with E-state index in [1.807, 2.05) is 36.4 Å². The number of piperidine rings is 1. The molecule has 2 fully saturated rings. The van der Waals surface area contributed by atoms with Gasteiger partial charge in [-0.2, -0.15) is 0 Å². The van der Waals surface area contributed by atoms with Gasteiger partial charge in [0.1, 0.15) is 18.9 Å². The number of rotatable bonds is 6. The number of para-hydroxylation sites is 1. The zero-order valence-corrected chi connectivity index (χ0v) is 19.0. The van der Waals surface area contributed by atoms with Crippen molar-refractivity contribution in [3.8, 4) is 5.75 Å². The lowest BCUT2D eigenvalue weighted by Crippen LogP contribution is -2.44. The van der Waals surface area contributed by atoms with E-state index in [1.165, 1.54) is 0 Å². The minimum Gasteiger partial charge on any atom is -0.488 e. The molecule has 2 aliphatic heterocycles. The van der Waals surface area contributed by atoms with E-state index in [9.17, 15) is 14.4 Å². The van der Waals surface area contributed by atoms with Gasteiger partial charge in [0.15, 0.2) is 0 Å². The smallest absolute Gasteiger partial charge is 0.294 e. The van der Waals surface area contributed by atoms with Crippen LogP contribution < -0.4 is 4.74 Å². The molecule has 3 amide bonds. The summed E-state index contributed by atoms with van der Waals surface area (Å²) in [4.78, 5) is 40.9. The maximum atomic E-state index is 12.9. The quantitative estimate of drug-likeness (QED) is 0.558. The lowest BCUT2D eigenvalue weighted by Gasteiger charge is -2.27. The van der Waals surface area contributed by atoms with Crippen LogP contribution in [0, 0.1) is 0 Å². The second-order valence-corrected chi connectivity index (χ2v) is 9.09. The van der Waals surface area contributed by atoms with Gasteiger partial charge in [0.25, 0.3) is 11.1 Å². The van der Waals surface area contributed by atoms with E-state index in [4.69, 9.17) is 16.3 Å². The summed E-state index contributed by atoms with van der Waals surface area (Å²) in [6, 6.07) is 14.7. The summed E-state index contributed by atoms with van der Waals surface area (Å²) < 4.78 is 5.94. The normalized spacial score (nSPS) is 17.8. The van der Waals surface area contributed by atoms with Crippen molar-refractivity contribution in [2.75, 3.05) is 19.6 Å². The van der Waals surface area contributed by atoms with E-state index in [1.54, 1.807) is 23.1 Å². The van der Waals surface area contributed by atoms with E-state index in [2.05, 4.69) is 0 Å². The van der Waals surface area contributed by atoms with Crippen molar-refractivity contribution in [1.29, 1.82) is 0 Å². The maximum absolute atomic E-state index is 12.9. The van der Waals surface area contributed by atoms with Gasteiger partial charge >= 0.3 is 0 Å². The lowest BCUT2D eigenvalue weighted by atomic mass is 10.1. The Morgan fingerprint density at radius 2 is 1.75 bits per heavy atom. The lowest BCUT2D eigenvalue weighted by molar-refractivity contribution is -0.136. The molecule has 0 radical (unpaired) electrons. The van der Waals surface area contributed by atoms with Gasteiger partial charge in [-0.25, -0.2) is 0 Å². The van der Waals surface area contributed by atoms with Gasteiger partial charge in [-0.3, -0.25) is 19.3 Å². The van der Waals surface area contributed by atoms with Crippen LogP contribution in [0.2, 0.25) is 5.02 Å². The van der Waals surface area contributed by atoms with Crippen LogP contribution in [0.5, 0.6) is 5.75 Å². The molecule has 0 unspecified atom stereocenters. The van der Waals surface area contributed by atoms with Crippen molar-refractivity contribution in [1.82, 2.24) is 9.80 Å². The Morgan fingerprint density at radius 1 is 1.03 bits per heavy atom. The van der Waals surface area contributed by atoms with Crippen LogP contribution >= 0.6 is 23.4 Å². The number of ether oxygens (including phenoxy) is 1. The van der Waals surface area contributed by atoms with Gasteiger partial charge in [0.2, 0.25) is 5.91 Å². The van der Waals surface area contributed by atoms with E-state index in [-0.39, 0.29) is 17.4 Å². The van der Waals surface area contributed by atoms with Crippen LogP contribution in [-0.4, -0.2) is 46.5 Å². The number of thioether (sulfide) groups is 1. The van der Waals surface area contributed by atoms with Gasteiger partial charge in [-0.05, 0) is 60.9 Å². The number of benzene rings is 2. The predicted octanol–water partition coefficient (Wildman–Crippen LogP) is 4.97. The molecular weight excluding hydrogens is 448 g/mol. The Hall–Kier alpha value is -2.77. The summed E-state index contributed by atoms with van der Waals surface area (Å²) in [6.07, 6.45) is 4.67. The third-order valence-electron chi connectivity index (χ3n) is 5.39. The summed E-state index contributed by atoms with van der Waals surface area (Å²) in [7, 11) is 0. The molecule has 166 valence electrons. The van der Waals surface area contributed by atoms with Gasteiger partial charge < -0.3 is 9.64 Å². The fraction of sp³-hybridized carbons (Fsp3) is 0.292. The van der Waals surface area contributed by atoms with Crippen LogP contribution in [0.1, 0.15) is 30.4 Å². The topological polar surface area (TPSA) is 66.9 Å². The first-order valence-electron chi connectivity index (χ1n) is 10.5. The van der Waals surface area contributed by atoms with Gasteiger partial charge in [-0.15, -0.1) is 0 Å². The van der Waals surface area contributed by atoms with Gasteiger partial charge in [0.05, 0.1) is 4.91 Å². The van der Waals surface area contributed by atoms with Crippen LogP contribution in [0.3, 0.4) is 0 Å². The SMILES string of the molecule is O=C(CN1C(=O)S/C(=C/c2ccccc2OCc2ccc(Cl)cc2)C1=O)N1CCCCC1. The average molecular weight is 471 g/mol. The molecule has 2 saturated heterocycles. The first-order valence-corrected chi connectivity index (χ1v) is 11.7. The number of halogens is 1. The van der Waals surface area contributed by atoms with Crippen molar-refractivity contribution >= 4 is 46.5 Å². The van der Waals surface area contributed by atoms with Crippen LogP contribution in [0.4, 0.5) is 4.79 Å². The van der Waals surface area contributed by atoms with Crippen molar-refractivity contribution in [3.05, 3.63) is 69.6 Å². The number of amides is 3. The van der Waals surface area contributed by atoms with Crippen LogP contribution in [-0.2, 0) is 16.2 Å². The van der Waals surface area contributed by atoms with Crippen LogP contribution in [0.15, 0.2) is 53.4 Å². The number of likely N-dealkylation sites (tertiary alicyclic amines) is 1. The molecule has 0 N–H and O–H groups in total. The number of hydrogen-bond acceptors (Lipinski definition) is 5. The molecule has 0 aliphatic carbocycles. The standard InChI is InChI=1S/C24H23ClN2O4S/c25-19-10-8-17(9-11-19)16-31-20-7-3-2-6-18(20)14-21-23(29)27(24(30)32-21)15-22(28)26-12-4-1-5-13-26/h2-3,6-11,14H,1,4-5,12-13,15-16H2/b21-14+. The van der Waals surface area contributed by atoms with Gasteiger partial charge in [-0.1, -0.05) is 41.9 Å². The fourth-order valence-electron chi connectivity index (χ4n) is 3.63. The molecule has 2 aromatic rings. The van der Waals surface area contributed by atoms with E-state index < -0.39 is 11.1 Å². The van der Waals surface area contributed by atoms with Crippen molar-refractivity contribution in [2.24, 2.45) is 0 Å². The predicted molar refractivity (Wildman–Crippen MR) is 125 cm³/mol. The second kappa shape index (κ2) is 10.2. The second-order valence-electron chi connectivity index (χ2n) is 7.66. The third-order valence-corrected chi connectivity index (χ3v) is 6.55. The zero-order valence-electron chi connectivity index (χ0n) is 17.5. The summed E-state index contributed by atoms with van der Waals surface area (Å²) in [5, 5.41) is 0.231. The minimum absolute atomic E-state index is 0.181. The molecule has 2 heterocycles. The Labute approximate surface area is 196 Å². The third kappa shape index (κ3) is 5.34. The summed E-state index contributed by atoms with van der Waals surface area (Å²) >= 11 is 6.77. The zero-order chi connectivity index (χ0) is 22.5. The molecule has 2 aromatic carbocycles. The van der Waals surface area contributed by atoms with Crippen molar-refractivity contribution < 1.29 is 19.1 Å². The first kappa shape index (κ1) is 22.4. The summed E-state index contributed by atoms with van der Waals surface area (Å²) in [6.45, 7) is 1.50. The molecule has 0 saturated carbocycles. The average Bonchev–Trinajstić information content (AvgIpc) is 3.07. The molecule has 0 bridgehead atoms. The molecule has 4 rings (SSSR count). The number of imide groups is 1. The van der Waals surface area contributed by atoms with E-state index >= 15 is 0 Å². The van der Waals surface area contributed by atoms with E-state index in [0.29, 0.717) is 36.0 Å². The molecule has 2 aliphatic rings. The highest BCUT2D eigenvalue weighted by atomic mass is 35.5. The van der Waals surface area contributed by atoms with Crippen molar-refractivity contribution in [3.63, 3.8) is 0 Å². The van der Waals surface area contributed by atoms with Crippen molar-refractivity contribution in [2.45, 2.75) is 25.9 Å². The number of carbonyl (C=O) groups is 3. The monoisotopic (exact) mass is 470 g/mol. The highest BCUT2D eigenvalue weighted by Gasteiger charge is 2.37. The molecule has 0 spiro atoms. The number of hydrogen-bond donors (Lipinski definition) is 0. The number of carbonyl (C=O) groups excluding carboxylic acids is 3. The molecule has 8 heteroatoms. The van der Waals surface area contributed by atoms with Crippen LogP contribution in [0.25, 0.3) is 6.08 Å². The summed E-state index contributed by atoms with van der Waals surface area (Å²) in [5.74, 6) is -0.0311. The number of nitrogens with zero attached hydrogens (tertiary/aromatic N) is 2. The Bertz CT molecular complexity index is 1050. The minimum atomic E-state index is -0.446. The molecule has 0 aromatic heterocycles. The summed E-state index contributed by atoms with van der Waals surface area (Å²) in [5.41, 5.74) is 1.65. The van der Waals surface area contributed by atoms with Gasteiger partial charge in [0, 0.05) is 23.7 Å². The Kier molecular flexibility index (Phi) is 7.17. The molecule has 32 heavy (non-hydrogen) atoms. The fourth-order valence-corrected chi connectivity index (χ4v) is 4.58. The maximum Gasteiger partial charge on any atom is 0.294 e. The highest BCUT2D eigenvalue weighted by Crippen LogP contribution is 2.34. The largest absolute Gasteiger partial charge is 0.488 e.